The average Bonchev–Trinajstić information content (AvgIpc) is 1.82. The molecule has 0 nitrogen and oxygen atoms in total. The standard InChI is InChI=1S/C7H9Cl2F3/c1-4(2)3-5(8)6(9)7(10,11)12/h3,5-6H,1-2H3. The second-order valence-electron chi connectivity index (χ2n) is 2.63. The third kappa shape index (κ3) is 4.21. The van der Waals surface area contributed by atoms with Gasteiger partial charge in [0.15, 0.2) is 0 Å². The van der Waals surface area contributed by atoms with Crippen molar-refractivity contribution in [3.8, 4) is 0 Å². The lowest BCUT2D eigenvalue weighted by Gasteiger charge is -2.16. The number of rotatable bonds is 2. The summed E-state index contributed by atoms with van der Waals surface area (Å²) in [6.45, 7) is 3.32. The van der Waals surface area contributed by atoms with Gasteiger partial charge in [-0.05, 0) is 13.8 Å². The van der Waals surface area contributed by atoms with Gasteiger partial charge in [0.1, 0.15) is 5.38 Å². The third-order valence-corrected chi connectivity index (χ3v) is 2.11. The second-order valence-corrected chi connectivity index (χ2v) is 3.61. The molecule has 0 heterocycles. The Kier molecular flexibility index (Phi) is 4.42. The largest absolute Gasteiger partial charge is 0.406 e. The van der Waals surface area contributed by atoms with Crippen molar-refractivity contribution < 1.29 is 13.2 Å². The molecule has 0 bridgehead atoms. The maximum absolute atomic E-state index is 11.9. The highest BCUT2D eigenvalue weighted by Crippen LogP contribution is 2.30. The zero-order valence-corrected chi connectivity index (χ0v) is 8.13. The number of allylic oxidation sites excluding steroid dienone is 2. The van der Waals surface area contributed by atoms with Crippen LogP contribution < -0.4 is 0 Å². The van der Waals surface area contributed by atoms with Crippen LogP contribution >= 0.6 is 23.2 Å². The van der Waals surface area contributed by atoms with Crippen molar-refractivity contribution in [1.29, 1.82) is 0 Å². The van der Waals surface area contributed by atoms with E-state index in [0.717, 1.165) is 0 Å². The van der Waals surface area contributed by atoms with Crippen LogP contribution in [0.3, 0.4) is 0 Å². The molecule has 0 N–H and O–H groups in total. The Morgan fingerprint density at radius 1 is 1.25 bits per heavy atom. The van der Waals surface area contributed by atoms with Crippen LogP contribution in [0, 0.1) is 0 Å². The maximum atomic E-state index is 11.9. The van der Waals surface area contributed by atoms with Crippen molar-refractivity contribution in [3.05, 3.63) is 11.6 Å². The highest BCUT2D eigenvalue weighted by Gasteiger charge is 2.41. The summed E-state index contributed by atoms with van der Waals surface area (Å²) < 4.78 is 35.7. The van der Waals surface area contributed by atoms with Crippen LogP contribution in [0.5, 0.6) is 0 Å². The second kappa shape index (κ2) is 4.38. The van der Waals surface area contributed by atoms with E-state index in [1.807, 2.05) is 0 Å². The van der Waals surface area contributed by atoms with E-state index in [1.165, 1.54) is 6.08 Å². The van der Waals surface area contributed by atoms with Crippen LogP contribution in [0.2, 0.25) is 0 Å². The summed E-state index contributed by atoms with van der Waals surface area (Å²) in [4.78, 5) is 0. The summed E-state index contributed by atoms with van der Waals surface area (Å²) in [5, 5.41) is -3.22. The molecule has 0 fully saturated rings. The van der Waals surface area contributed by atoms with Gasteiger partial charge >= 0.3 is 6.18 Å². The molecule has 72 valence electrons. The molecule has 0 aromatic heterocycles. The van der Waals surface area contributed by atoms with Gasteiger partial charge in [-0.15, -0.1) is 23.2 Å². The molecular formula is C7H9Cl2F3. The topological polar surface area (TPSA) is 0 Å². The summed E-state index contributed by atoms with van der Waals surface area (Å²) in [5.41, 5.74) is 0.713. The van der Waals surface area contributed by atoms with Crippen molar-refractivity contribution in [3.63, 3.8) is 0 Å². The zero-order valence-electron chi connectivity index (χ0n) is 6.62. The molecule has 0 saturated heterocycles. The summed E-state index contributed by atoms with van der Waals surface area (Å²) in [7, 11) is 0. The normalized spacial score (nSPS) is 16.9. The Balaban J connectivity index is 4.30. The minimum Gasteiger partial charge on any atom is -0.169 e. The number of hydrogen-bond acceptors (Lipinski definition) is 0. The van der Waals surface area contributed by atoms with Gasteiger partial charge in [0.05, 0.1) is 5.38 Å². The minimum absolute atomic E-state index is 0.713. The van der Waals surface area contributed by atoms with E-state index >= 15 is 0 Å². The number of hydrogen-bond donors (Lipinski definition) is 0. The fourth-order valence-corrected chi connectivity index (χ4v) is 1.05. The molecule has 2 unspecified atom stereocenters. The van der Waals surface area contributed by atoms with Crippen LogP contribution in [0.15, 0.2) is 11.6 Å². The van der Waals surface area contributed by atoms with Crippen molar-refractivity contribution in [2.75, 3.05) is 0 Å². The molecule has 0 amide bonds. The molecule has 0 aliphatic rings. The van der Waals surface area contributed by atoms with E-state index in [9.17, 15) is 13.2 Å². The van der Waals surface area contributed by atoms with E-state index in [4.69, 9.17) is 23.2 Å². The summed E-state index contributed by atoms with van der Waals surface area (Å²) in [6.07, 6.45) is -3.16. The van der Waals surface area contributed by atoms with E-state index in [-0.39, 0.29) is 0 Å². The summed E-state index contributed by atoms with van der Waals surface area (Å²) in [5.74, 6) is 0. The van der Waals surface area contributed by atoms with E-state index in [1.54, 1.807) is 13.8 Å². The fraction of sp³-hybridized carbons (Fsp3) is 0.714. The number of alkyl halides is 5. The molecule has 2 atom stereocenters. The molecule has 0 aromatic carbocycles. The van der Waals surface area contributed by atoms with Crippen LogP contribution in [0.1, 0.15) is 13.8 Å². The smallest absolute Gasteiger partial charge is 0.169 e. The molecule has 0 saturated carbocycles. The van der Waals surface area contributed by atoms with Crippen LogP contribution in [-0.4, -0.2) is 16.9 Å². The molecule has 0 aliphatic heterocycles. The lowest BCUT2D eigenvalue weighted by atomic mass is 10.2. The predicted octanol–water partition coefficient (Wildman–Crippen LogP) is 3.73. The average molecular weight is 221 g/mol. The quantitative estimate of drug-likeness (QED) is 0.492. The minimum atomic E-state index is -4.44. The van der Waals surface area contributed by atoms with Gasteiger partial charge < -0.3 is 0 Å². The lowest BCUT2D eigenvalue weighted by Crippen LogP contribution is -2.30. The lowest BCUT2D eigenvalue weighted by molar-refractivity contribution is -0.129. The van der Waals surface area contributed by atoms with Gasteiger partial charge in [0, 0.05) is 0 Å². The molecule has 12 heavy (non-hydrogen) atoms. The first-order valence-corrected chi connectivity index (χ1v) is 4.12. The molecule has 0 radical (unpaired) electrons. The zero-order chi connectivity index (χ0) is 9.94. The number of halogens is 5. The summed E-state index contributed by atoms with van der Waals surface area (Å²) >= 11 is 10.4. The van der Waals surface area contributed by atoms with E-state index in [2.05, 4.69) is 0 Å². The summed E-state index contributed by atoms with van der Waals surface area (Å²) in [6, 6.07) is 0. The molecule has 0 aliphatic carbocycles. The van der Waals surface area contributed by atoms with Crippen molar-refractivity contribution >= 4 is 23.2 Å². The van der Waals surface area contributed by atoms with Gasteiger partial charge in [0.2, 0.25) is 0 Å². The molecular weight excluding hydrogens is 212 g/mol. The fourth-order valence-electron chi connectivity index (χ4n) is 0.583. The highest BCUT2D eigenvalue weighted by molar-refractivity contribution is 6.31. The first kappa shape index (κ1) is 12.1. The first-order valence-electron chi connectivity index (χ1n) is 3.25. The Morgan fingerprint density at radius 3 is 1.92 bits per heavy atom. The van der Waals surface area contributed by atoms with Gasteiger partial charge in [-0.25, -0.2) is 0 Å². The van der Waals surface area contributed by atoms with Crippen molar-refractivity contribution in [2.24, 2.45) is 0 Å². The van der Waals surface area contributed by atoms with Crippen LogP contribution in [-0.2, 0) is 0 Å². The Bertz CT molecular complexity index is 170. The monoisotopic (exact) mass is 220 g/mol. The molecule has 0 aromatic rings. The molecule has 0 rings (SSSR count). The van der Waals surface area contributed by atoms with Gasteiger partial charge in [0.25, 0.3) is 0 Å². The predicted molar refractivity (Wildman–Crippen MR) is 44.8 cm³/mol. The Morgan fingerprint density at radius 2 is 1.67 bits per heavy atom. The van der Waals surface area contributed by atoms with E-state index < -0.39 is 16.9 Å². The maximum Gasteiger partial charge on any atom is 0.406 e. The third-order valence-electron chi connectivity index (χ3n) is 1.08. The Labute approximate surface area is 79.3 Å². The van der Waals surface area contributed by atoms with E-state index in [0.29, 0.717) is 5.57 Å². The Hall–Kier alpha value is 0.110. The highest BCUT2D eigenvalue weighted by atomic mass is 35.5. The van der Waals surface area contributed by atoms with Crippen LogP contribution in [0.4, 0.5) is 13.2 Å². The molecule has 5 heteroatoms. The molecule has 0 spiro atoms. The van der Waals surface area contributed by atoms with Gasteiger partial charge in [-0.1, -0.05) is 11.6 Å². The SMILES string of the molecule is CC(C)=CC(Cl)C(Cl)C(F)(F)F. The van der Waals surface area contributed by atoms with Gasteiger partial charge in [-0.2, -0.15) is 13.2 Å². The first-order chi connectivity index (χ1) is 5.25. The van der Waals surface area contributed by atoms with Crippen molar-refractivity contribution in [1.82, 2.24) is 0 Å². The van der Waals surface area contributed by atoms with Gasteiger partial charge in [-0.3, -0.25) is 0 Å². The van der Waals surface area contributed by atoms with Crippen LogP contribution in [0.25, 0.3) is 0 Å². The van der Waals surface area contributed by atoms with Crippen molar-refractivity contribution in [2.45, 2.75) is 30.8 Å².